The normalized spacial score (nSPS) is 10.7. The minimum atomic E-state index is 0.691. The minimum absolute atomic E-state index is 0.691. The van der Waals surface area contributed by atoms with E-state index in [9.17, 15) is 0 Å². The van der Waals surface area contributed by atoms with E-state index >= 15 is 0 Å². The highest BCUT2D eigenvalue weighted by atomic mass is 16.3. The van der Waals surface area contributed by atoms with Crippen LogP contribution in [0.1, 0.15) is 24.1 Å². The Morgan fingerprint density at radius 3 is 2.53 bits per heavy atom. The molecule has 0 spiro atoms. The summed E-state index contributed by atoms with van der Waals surface area (Å²) in [6.07, 6.45) is 4.99. The molecular weight excluding hydrogens is 212 g/mol. The minimum Gasteiger partial charge on any atom is -0.444 e. The van der Waals surface area contributed by atoms with Crippen molar-refractivity contribution < 1.29 is 4.42 Å². The smallest absolute Gasteiger partial charge is 0.226 e. The van der Waals surface area contributed by atoms with Gasteiger partial charge in [-0.2, -0.15) is 0 Å². The molecule has 2 N–H and O–H groups in total. The highest BCUT2D eigenvalue weighted by Crippen LogP contribution is 2.19. The van der Waals surface area contributed by atoms with Crippen molar-refractivity contribution in [2.24, 2.45) is 5.73 Å². The largest absolute Gasteiger partial charge is 0.444 e. The summed E-state index contributed by atoms with van der Waals surface area (Å²) < 4.78 is 5.36. The van der Waals surface area contributed by atoms with Gasteiger partial charge in [-0.3, -0.25) is 0 Å². The van der Waals surface area contributed by atoms with Crippen LogP contribution in [0, 0.1) is 6.92 Å². The van der Waals surface area contributed by atoms with E-state index in [4.69, 9.17) is 10.2 Å². The number of aryl methyl sites for hydroxylation is 2. The topological polar surface area (TPSA) is 52.0 Å². The van der Waals surface area contributed by atoms with E-state index in [2.05, 4.69) is 29.2 Å². The number of nitrogens with zero attached hydrogens (tertiary/aromatic N) is 1. The van der Waals surface area contributed by atoms with E-state index in [0.717, 1.165) is 37.1 Å². The van der Waals surface area contributed by atoms with Gasteiger partial charge in [0.2, 0.25) is 5.89 Å². The molecule has 1 heterocycles. The van der Waals surface area contributed by atoms with Gasteiger partial charge in [-0.05, 0) is 50.4 Å². The molecule has 0 bridgehead atoms. The van der Waals surface area contributed by atoms with Crippen molar-refractivity contribution in [3.63, 3.8) is 0 Å². The van der Waals surface area contributed by atoms with Crippen molar-refractivity contribution in [1.82, 2.24) is 4.98 Å². The molecule has 17 heavy (non-hydrogen) atoms. The van der Waals surface area contributed by atoms with Gasteiger partial charge in [0.25, 0.3) is 0 Å². The van der Waals surface area contributed by atoms with Crippen molar-refractivity contribution in [3.8, 4) is 11.5 Å². The fourth-order valence-corrected chi connectivity index (χ4v) is 1.77. The fourth-order valence-electron chi connectivity index (χ4n) is 1.77. The first-order valence-corrected chi connectivity index (χ1v) is 6.01. The summed E-state index contributed by atoms with van der Waals surface area (Å²) in [5, 5.41) is 0. The average molecular weight is 230 g/mol. The molecule has 1 aromatic carbocycles. The van der Waals surface area contributed by atoms with Crippen LogP contribution < -0.4 is 5.73 Å². The van der Waals surface area contributed by atoms with Crippen LogP contribution in [0.15, 0.2) is 34.9 Å². The lowest BCUT2D eigenvalue weighted by Crippen LogP contribution is -1.98. The molecule has 3 nitrogen and oxygen atoms in total. The maximum atomic E-state index is 5.47. The number of unbranched alkanes of at least 4 members (excludes halogenated alkanes) is 1. The fraction of sp³-hybridized carbons (Fsp3) is 0.357. The van der Waals surface area contributed by atoms with Crippen LogP contribution in [0.25, 0.3) is 11.5 Å². The predicted octanol–water partition coefficient (Wildman–Crippen LogP) is 2.93. The van der Waals surface area contributed by atoms with Crippen LogP contribution in [-0.4, -0.2) is 11.5 Å². The van der Waals surface area contributed by atoms with Gasteiger partial charge in [-0.15, -0.1) is 0 Å². The van der Waals surface area contributed by atoms with Gasteiger partial charge in [0, 0.05) is 5.56 Å². The zero-order valence-electron chi connectivity index (χ0n) is 10.1. The van der Waals surface area contributed by atoms with Gasteiger partial charge in [0.15, 0.2) is 0 Å². The number of rotatable bonds is 5. The Morgan fingerprint density at radius 2 is 1.94 bits per heavy atom. The third-order valence-electron chi connectivity index (χ3n) is 2.74. The third-order valence-corrected chi connectivity index (χ3v) is 2.74. The summed E-state index contributed by atoms with van der Waals surface area (Å²) in [4.78, 5) is 4.30. The van der Waals surface area contributed by atoms with E-state index in [1.807, 2.05) is 6.92 Å². The molecule has 0 radical (unpaired) electrons. The van der Waals surface area contributed by atoms with Gasteiger partial charge in [-0.25, -0.2) is 4.98 Å². The van der Waals surface area contributed by atoms with Crippen LogP contribution in [0.2, 0.25) is 0 Å². The Hall–Kier alpha value is -1.61. The zero-order valence-corrected chi connectivity index (χ0v) is 10.1. The second kappa shape index (κ2) is 5.64. The summed E-state index contributed by atoms with van der Waals surface area (Å²) >= 11 is 0. The SMILES string of the molecule is Cc1coc(-c2ccc(CCCCN)cc2)n1. The number of oxazole rings is 1. The first kappa shape index (κ1) is 11.9. The Labute approximate surface area is 102 Å². The first-order chi connectivity index (χ1) is 8.29. The van der Waals surface area contributed by atoms with Gasteiger partial charge < -0.3 is 10.2 Å². The summed E-state index contributed by atoms with van der Waals surface area (Å²) in [7, 11) is 0. The number of nitrogens with two attached hydrogens (primary N) is 1. The van der Waals surface area contributed by atoms with E-state index in [0.29, 0.717) is 5.89 Å². The van der Waals surface area contributed by atoms with Gasteiger partial charge in [0.1, 0.15) is 6.26 Å². The zero-order chi connectivity index (χ0) is 12.1. The van der Waals surface area contributed by atoms with Gasteiger partial charge >= 0.3 is 0 Å². The molecule has 0 atom stereocenters. The van der Waals surface area contributed by atoms with E-state index in [1.54, 1.807) is 6.26 Å². The molecule has 0 aliphatic heterocycles. The molecule has 2 rings (SSSR count). The van der Waals surface area contributed by atoms with Crippen molar-refractivity contribution in [2.75, 3.05) is 6.54 Å². The molecule has 0 unspecified atom stereocenters. The van der Waals surface area contributed by atoms with Gasteiger partial charge in [-0.1, -0.05) is 12.1 Å². The molecule has 0 saturated carbocycles. The Balaban J connectivity index is 2.02. The summed E-state index contributed by atoms with van der Waals surface area (Å²) in [6, 6.07) is 8.38. The third kappa shape index (κ3) is 3.17. The maximum absolute atomic E-state index is 5.47. The summed E-state index contributed by atoms with van der Waals surface area (Å²) in [5.74, 6) is 0.691. The number of hydrogen-bond acceptors (Lipinski definition) is 3. The average Bonchev–Trinajstić information content (AvgIpc) is 2.77. The van der Waals surface area contributed by atoms with Crippen molar-refractivity contribution in [1.29, 1.82) is 0 Å². The molecule has 1 aromatic heterocycles. The molecule has 0 fully saturated rings. The summed E-state index contributed by atoms with van der Waals surface area (Å²) in [6.45, 7) is 2.70. The molecule has 90 valence electrons. The highest BCUT2D eigenvalue weighted by Gasteiger charge is 2.03. The molecule has 0 amide bonds. The number of aromatic nitrogens is 1. The molecule has 3 heteroatoms. The lowest BCUT2D eigenvalue weighted by Gasteiger charge is -2.01. The predicted molar refractivity (Wildman–Crippen MR) is 68.7 cm³/mol. The van der Waals surface area contributed by atoms with Crippen molar-refractivity contribution in [2.45, 2.75) is 26.2 Å². The van der Waals surface area contributed by atoms with Gasteiger partial charge in [0.05, 0.1) is 5.69 Å². The number of hydrogen-bond donors (Lipinski definition) is 1. The second-order valence-electron chi connectivity index (χ2n) is 4.24. The molecule has 0 aliphatic rings. The standard InChI is InChI=1S/C14H18N2O/c1-11-10-17-14(16-11)13-7-5-12(6-8-13)4-2-3-9-15/h5-8,10H,2-4,9,15H2,1H3. The van der Waals surface area contributed by atoms with Crippen LogP contribution in [0.4, 0.5) is 0 Å². The maximum Gasteiger partial charge on any atom is 0.226 e. The van der Waals surface area contributed by atoms with Crippen LogP contribution in [0.5, 0.6) is 0 Å². The second-order valence-corrected chi connectivity index (χ2v) is 4.24. The first-order valence-electron chi connectivity index (χ1n) is 6.01. The Bertz CT molecular complexity index is 459. The molecular formula is C14H18N2O. The van der Waals surface area contributed by atoms with E-state index < -0.39 is 0 Å². The van der Waals surface area contributed by atoms with Crippen molar-refractivity contribution >= 4 is 0 Å². The molecule has 2 aromatic rings. The lowest BCUT2D eigenvalue weighted by atomic mass is 10.1. The molecule has 0 saturated heterocycles. The van der Waals surface area contributed by atoms with Crippen LogP contribution in [-0.2, 0) is 6.42 Å². The van der Waals surface area contributed by atoms with Crippen LogP contribution >= 0.6 is 0 Å². The van der Waals surface area contributed by atoms with E-state index in [-0.39, 0.29) is 0 Å². The quantitative estimate of drug-likeness (QED) is 0.803. The van der Waals surface area contributed by atoms with Crippen molar-refractivity contribution in [3.05, 3.63) is 41.8 Å². The highest BCUT2D eigenvalue weighted by molar-refractivity contribution is 5.53. The molecule has 0 aliphatic carbocycles. The van der Waals surface area contributed by atoms with E-state index in [1.165, 1.54) is 5.56 Å². The lowest BCUT2D eigenvalue weighted by molar-refractivity contribution is 0.573. The summed E-state index contributed by atoms with van der Waals surface area (Å²) in [5.41, 5.74) is 8.75. The monoisotopic (exact) mass is 230 g/mol. The number of benzene rings is 1. The van der Waals surface area contributed by atoms with Crippen LogP contribution in [0.3, 0.4) is 0 Å². The Morgan fingerprint density at radius 1 is 1.18 bits per heavy atom. The Kier molecular flexibility index (Phi) is 3.94.